The summed E-state index contributed by atoms with van der Waals surface area (Å²) in [4.78, 5) is 4.19. The van der Waals surface area contributed by atoms with Gasteiger partial charge in [-0.05, 0) is 24.3 Å². The number of para-hydroxylation sites is 2. The minimum absolute atomic E-state index is 0.0290. The van der Waals surface area contributed by atoms with Crippen LogP contribution in [0.15, 0.2) is 60.8 Å². The molecule has 0 fully saturated rings. The van der Waals surface area contributed by atoms with Crippen LogP contribution in [0.4, 0.5) is 24.5 Å². The van der Waals surface area contributed by atoms with Crippen molar-refractivity contribution in [3.63, 3.8) is 0 Å². The highest BCUT2D eigenvalue weighted by Gasteiger charge is 2.33. The minimum atomic E-state index is -4.40. The molecule has 0 bridgehead atoms. The molecule has 0 aliphatic carbocycles. The van der Waals surface area contributed by atoms with Gasteiger partial charge in [0.15, 0.2) is 0 Å². The minimum Gasteiger partial charge on any atom is -0.354 e. The molecular formula is C16H11F3N2. The van der Waals surface area contributed by atoms with E-state index < -0.39 is 11.7 Å². The molecule has 0 aliphatic rings. The van der Waals surface area contributed by atoms with Gasteiger partial charge in [-0.1, -0.05) is 30.3 Å². The van der Waals surface area contributed by atoms with Crippen LogP contribution in [0.25, 0.3) is 10.9 Å². The first kappa shape index (κ1) is 13.4. The van der Waals surface area contributed by atoms with Crippen molar-refractivity contribution in [1.29, 1.82) is 0 Å². The van der Waals surface area contributed by atoms with Crippen molar-refractivity contribution in [2.45, 2.75) is 6.18 Å². The molecule has 21 heavy (non-hydrogen) atoms. The van der Waals surface area contributed by atoms with Crippen LogP contribution >= 0.6 is 0 Å². The fourth-order valence-electron chi connectivity index (χ4n) is 2.19. The van der Waals surface area contributed by atoms with Crippen LogP contribution in [0, 0.1) is 0 Å². The SMILES string of the molecule is FC(F)(F)c1ccccc1Nc1ccnc2ccccc12. The van der Waals surface area contributed by atoms with Crippen molar-refractivity contribution in [2.75, 3.05) is 5.32 Å². The van der Waals surface area contributed by atoms with Crippen LogP contribution in [0.1, 0.15) is 5.56 Å². The number of pyridine rings is 1. The van der Waals surface area contributed by atoms with Crippen molar-refractivity contribution in [2.24, 2.45) is 0 Å². The van der Waals surface area contributed by atoms with Crippen LogP contribution in [0.5, 0.6) is 0 Å². The molecule has 5 heteroatoms. The lowest BCUT2D eigenvalue weighted by Gasteiger charge is -2.15. The number of halogens is 3. The lowest BCUT2D eigenvalue weighted by Crippen LogP contribution is -2.08. The van der Waals surface area contributed by atoms with Gasteiger partial charge in [-0.15, -0.1) is 0 Å². The van der Waals surface area contributed by atoms with Gasteiger partial charge in [0, 0.05) is 17.3 Å². The molecule has 2 nitrogen and oxygen atoms in total. The fourth-order valence-corrected chi connectivity index (χ4v) is 2.19. The predicted molar refractivity (Wildman–Crippen MR) is 76.5 cm³/mol. The van der Waals surface area contributed by atoms with Gasteiger partial charge in [0.05, 0.1) is 16.8 Å². The Morgan fingerprint density at radius 3 is 2.33 bits per heavy atom. The van der Waals surface area contributed by atoms with Crippen LogP contribution in [0.3, 0.4) is 0 Å². The van der Waals surface area contributed by atoms with E-state index in [2.05, 4.69) is 10.3 Å². The van der Waals surface area contributed by atoms with Gasteiger partial charge >= 0.3 is 6.18 Å². The number of fused-ring (bicyclic) bond motifs is 1. The van der Waals surface area contributed by atoms with Crippen molar-refractivity contribution in [3.8, 4) is 0 Å². The molecule has 0 amide bonds. The summed E-state index contributed by atoms with van der Waals surface area (Å²) in [6, 6.07) is 14.4. The van der Waals surface area contributed by atoms with Crippen molar-refractivity contribution in [3.05, 3.63) is 66.4 Å². The third-order valence-electron chi connectivity index (χ3n) is 3.15. The summed E-state index contributed by atoms with van der Waals surface area (Å²) in [5.74, 6) is 0. The fraction of sp³-hybridized carbons (Fsp3) is 0.0625. The number of hydrogen-bond acceptors (Lipinski definition) is 2. The first-order valence-electron chi connectivity index (χ1n) is 6.33. The van der Waals surface area contributed by atoms with E-state index in [4.69, 9.17) is 0 Å². The molecule has 1 aromatic heterocycles. The first-order valence-corrected chi connectivity index (χ1v) is 6.33. The number of nitrogens with zero attached hydrogens (tertiary/aromatic N) is 1. The maximum atomic E-state index is 13.0. The summed E-state index contributed by atoms with van der Waals surface area (Å²) in [7, 11) is 0. The molecule has 2 aromatic carbocycles. The molecule has 1 N–H and O–H groups in total. The number of nitrogens with one attached hydrogen (secondary N) is 1. The van der Waals surface area contributed by atoms with E-state index in [1.807, 2.05) is 24.3 Å². The Balaban J connectivity index is 2.08. The quantitative estimate of drug-likeness (QED) is 0.718. The molecule has 0 radical (unpaired) electrons. The molecule has 0 atom stereocenters. The third kappa shape index (κ3) is 2.67. The Kier molecular flexibility index (Phi) is 3.25. The molecule has 3 rings (SSSR count). The van der Waals surface area contributed by atoms with E-state index in [0.29, 0.717) is 5.69 Å². The molecule has 0 unspecified atom stereocenters. The Morgan fingerprint density at radius 1 is 0.810 bits per heavy atom. The maximum absolute atomic E-state index is 13.0. The largest absolute Gasteiger partial charge is 0.418 e. The maximum Gasteiger partial charge on any atom is 0.418 e. The monoisotopic (exact) mass is 288 g/mol. The van der Waals surface area contributed by atoms with E-state index >= 15 is 0 Å². The highest BCUT2D eigenvalue weighted by atomic mass is 19.4. The summed E-state index contributed by atoms with van der Waals surface area (Å²) in [6.45, 7) is 0. The van der Waals surface area contributed by atoms with Gasteiger partial charge in [-0.3, -0.25) is 4.98 Å². The van der Waals surface area contributed by atoms with E-state index in [1.165, 1.54) is 12.1 Å². The topological polar surface area (TPSA) is 24.9 Å². The zero-order chi connectivity index (χ0) is 14.9. The normalized spacial score (nSPS) is 11.6. The molecule has 0 saturated carbocycles. The smallest absolute Gasteiger partial charge is 0.354 e. The average Bonchev–Trinajstić information content (AvgIpc) is 2.47. The number of hydrogen-bond donors (Lipinski definition) is 1. The molecule has 3 aromatic rings. The first-order chi connectivity index (χ1) is 10.1. The molecule has 106 valence electrons. The van der Waals surface area contributed by atoms with E-state index in [-0.39, 0.29) is 5.69 Å². The van der Waals surface area contributed by atoms with E-state index in [0.717, 1.165) is 17.0 Å². The second-order valence-corrected chi connectivity index (χ2v) is 4.54. The van der Waals surface area contributed by atoms with E-state index in [9.17, 15) is 13.2 Å². The Bertz CT molecular complexity index is 776. The average molecular weight is 288 g/mol. The van der Waals surface area contributed by atoms with Crippen LogP contribution in [-0.2, 0) is 6.18 Å². The molecule has 0 aliphatic heterocycles. The highest BCUT2D eigenvalue weighted by Crippen LogP contribution is 2.36. The lowest BCUT2D eigenvalue weighted by atomic mass is 10.1. The van der Waals surface area contributed by atoms with Gasteiger partial charge in [0.25, 0.3) is 0 Å². The van der Waals surface area contributed by atoms with Crippen molar-refractivity contribution >= 4 is 22.3 Å². The molecular weight excluding hydrogens is 277 g/mol. The number of anilines is 2. The summed E-state index contributed by atoms with van der Waals surface area (Å²) in [5, 5.41) is 3.64. The van der Waals surface area contributed by atoms with Crippen LogP contribution in [0.2, 0.25) is 0 Å². The summed E-state index contributed by atoms with van der Waals surface area (Å²) in [5.41, 5.74) is 0.663. The van der Waals surface area contributed by atoms with Crippen molar-refractivity contribution < 1.29 is 13.2 Å². The number of rotatable bonds is 2. The lowest BCUT2D eigenvalue weighted by molar-refractivity contribution is -0.136. The number of benzene rings is 2. The van der Waals surface area contributed by atoms with Gasteiger partial charge in [0.2, 0.25) is 0 Å². The van der Waals surface area contributed by atoms with Gasteiger partial charge in [-0.25, -0.2) is 0 Å². The van der Waals surface area contributed by atoms with Crippen LogP contribution < -0.4 is 5.32 Å². The Labute approximate surface area is 119 Å². The van der Waals surface area contributed by atoms with Crippen molar-refractivity contribution in [1.82, 2.24) is 4.98 Å². The van der Waals surface area contributed by atoms with Crippen LogP contribution in [-0.4, -0.2) is 4.98 Å². The van der Waals surface area contributed by atoms with Gasteiger partial charge < -0.3 is 5.32 Å². The molecule has 0 saturated heterocycles. The predicted octanol–water partition coefficient (Wildman–Crippen LogP) is 5.00. The number of alkyl halides is 3. The zero-order valence-corrected chi connectivity index (χ0v) is 10.9. The zero-order valence-electron chi connectivity index (χ0n) is 10.9. The third-order valence-corrected chi connectivity index (χ3v) is 3.15. The Hall–Kier alpha value is -2.56. The second-order valence-electron chi connectivity index (χ2n) is 4.54. The molecule has 0 spiro atoms. The number of aromatic nitrogens is 1. The highest BCUT2D eigenvalue weighted by molar-refractivity contribution is 5.92. The standard InChI is InChI=1S/C16H11F3N2/c17-16(18,19)12-6-2-4-8-15(12)21-14-9-10-20-13-7-3-1-5-11(13)14/h1-10H,(H,20,21). The second kappa shape index (κ2) is 5.09. The van der Waals surface area contributed by atoms with Gasteiger partial charge in [0.1, 0.15) is 0 Å². The Morgan fingerprint density at radius 2 is 1.52 bits per heavy atom. The summed E-state index contributed by atoms with van der Waals surface area (Å²) >= 11 is 0. The summed E-state index contributed by atoms with van der Waals surface area (Å²) in [6.07, 6.45) is -2.83. The van der Waals surface area contributed by atoms with Gasteiger partial charge in [-0.2, -0.15) is 13.2 Å². The molecule has 1 heterocycles. The van der Waals surface area contributed by atoms with E-state index in [1.54, 1.807) is 18.3 Å². The summed E-state index contributed by atoms with van der Waals surface area (Å²) < 4.78 is 39.0.